The average Bonchev–Trinajstić information content (AvgIpc) is 2.27. The molecule has 2 rings (SSSR count). The van der Waals surface area contributed by atoms with Gasteiger partial charge in [-0.1, -0.05) is 0 Å². The largest absolute Gasteiger partial charge is 0.382 e. The molecule has 0 saturated heterocycles. The van der Waals surface area contributed by atoms with Crippen molar-refractivity contribution in [2.24, 2.45) is 0 Å². The van der Waals surface area contributed by atoms with Crippen LogP contribution in [0.5, 0.6) is 0 Å². The van der Waals surface area contributed by atoms with Crippen molar-refractivity contribution in [3.63, 3.8) is 0 Å². The van der Waals surface area contributed by atoms with E-state index in [9.17, 15) is 4.39 Å². The highest BCUT2D eigenvalue weighted by Crippen LogP contribution is 2.16. The molecule has 2 N–H and O–H groups in total. The first kappa shape index (κ1) is 7.90. The molecule has 0 aliphatic carbocycles. The maximum absolute atomic E-state index is 13.0. The highest BCUT2D eigenvalue weighted by Gasteiger charge is 2.12. The molecule has 2 aromatic rings. The molecule has 2 heterocycles. The number of nitrogens with two attached hydrogens (primary N) is 1. The molecule has 0 unspecified atom stereocenters. The molecule has 5 nitrogen and oxygen atoms in total. The van der Waals surface area contributed by atoms with Crippen molar-refractivity contribution in [2.45, 2.75) is 13.8 Å². The maximum atomic E-state index is 13.0. The smallest absolute Gasteiger partial charge is 0.238 e. The molecule has 0 radical (unpaired) electrons. The van der Waals surface area contributed by atoms with Gasteiger partial charge in [0.2, 0.25) is 5.95 Å². The Bertz CT molecular complexity index is 475. The minimum absolute atomic E-state index is 0.251. The summed E-state index contributed by atoms with van der Waals surface area (Å²) < 4.78 is 14.2. The molecule has 13 heavy (non-hydrogen) atoms. The van der Waals surface area contributed by atoms with Crippen molar-refractivity contribution in [2.75, 3.05) is 5.73 Å². The molecule has 0 aromatic carbocycles. The van der Waals surface area contributed by atoms with Gasteiger partial charge < -0.3 is 5.73 Å². The van der Waals surface area contributed by atoms with E-state index < -0.39 is 5.95 Å². The molecule has 0 spiro atoms. The Kier molecular flexibility index (Phi) is 1.45. The molecular formula is C7H8FN5. The first-order valence-corrected chi connectivity index (χ1v) is 3.75. The molecule has 0 aliphatic rings. The second-order valence-corrected chi connectivity index (χ2v) is 2.80. The zero-order valence-electron chi connectivity index (χ0n) is 7.24. The van der Waals surface area contributed by atoms with Gasteiger partial charge in [0.1, 0.15) is 11.3 Å². The Morgan fingerprint density at radius 2 is 2.00 bits per heavy atom. The highest BCUT2D eigenvalue weighted by molar-refractivity contribution is 5.68. The van der Waals surface area contributed by atoms with Crippen LogP contribution in [0.2, 0.25) is 0 Å². The van der Waals surface area contributed by atoms with Gasteiger partial charge in [0.15, 0.2) is 5.82 Å². The van der Waals surface area contributed by atoms with Crippen molar-refractivity contribution in [1.29, 1.82) is 0 Å². The topological polar surface area (TPSA) is 69.1 Å². The van der Waals surface area contributed by atoms with Crippen LogP contribution in [0, 0.1) is 19.8 Å². The van der Waals surface area contributed by atoms with Crippen molar-refractivity contribution in [3.8, 4) is 0 Å². The molecule has 0 amide bonds. The van der Waals surface area contributed by atoms with E-state index in [4.69, 9.17) is 5.73 Å². The third-order valence-electron chi connectivity index (χ3n) is 1.81. The molecule has 0 aliphatic heterocycles. The van der Waals surface area contributed by atoms with Crippen LogP contribution in [0.4, 0.5) is 10.2 Å². The summed E-state index contributed by atoms with van der Waals surface area (Å²) in [6.45, 7) is 3.26. The zero-order chi connectivity index (χ0) is 9.59. The van der Waals surface area contributed by atoms with Crippen molar-refractivity contribution < 1.29 is 4.39 Å². The van der Waals surface area contributed by atoms with E-state index in [0.717, 1.165) is 0 Å². The predicted octanol–water partition coefficient (Wildman–Crippen LogP) is 0.462. The maximum Gasteiger partial charge on any atom is 0.238 e. The summed E-state index contributed by atoms with van der Waals surface area (Å²) in [5.74, 6) is 0.153. The zero-order valence-corrected chi connectivity index (χ0v) is 7.24. The monoisotopic (exact) mass is 181 g/mol. The number of nitrogen functional groups attached to an aromatic ring is 1. The highest BCUT2D eigenvalue weighted by atomic mass is 19.1. The minimum Gasteiger partial charge on any atom is -0.382 e. The molecule has 68 valence electrons. The lowest BCUT2D eigenvalue weighted by Gasteiger charge is -1.97. The predicted molar refractivity (Wildman–Crippen MR) is 44.6 cm³/mol. The lowest BCUT2D eigenvalue weighted by atomic mass is 10.3. The fourth-order valence-electron chi connectivity index (χ4n) is 1.21. The van der Waals surface area contributed by atoms with Crippen LogP contribution < -0.4 is 5.73 Å². The standard InChI is InChI=1S/C7H8FN5/c1-3-5-7(9)10-4(2)11-13(5)12-6(3)8/h1-2H3,(H2,9,10,11). The van der Waals surface area contributed by atoms with E-state index in [2.05, 4.69) is 15.2 Å². The van der Waals surface area contributed by atoms with Crippen LogP contribution in [0.15, 0.2) is 0 Å². The van der Waals surface area contributed by atoms with Gasteiger partial charge >= 0.3 is 0 Å². The number of anilines is 1. The van der Waals surface area contributed by atoms with Gasteiger partial charge in [0, 0.05) is 5.56 Å². The third-order valence-corrected chi connectivity index (χ3v) is 1.81. The fourth-order valence-corrected chi connectivity index (χ4v) is 1.21. The third kappa shape index (κ3) is 1.02. The van der Waals surface area contributed by atoms with Crippen LogP contribution in [0.1, 0.15) is 11.4 Å². The molecule has 0 fully saturated rings. The average molecular weight is 181 g/mol. The van der Waals surface area contributed by atoms with E-state index in [1.807, 2.05) is 0 Å². The number of fused-ring (bicyclic) bond motifs is 1. The van der Waals surface area contributed by atoms with Gasteiger partial charge in [-0.2, -0.15) is 4.39 Å². The molecule has 0 atom stereocenters. The van der Waals surface area contributed by atoms with E-state index in [1.165, 1.54) is 4.63 Å². The van der Waals surface area contributed by atoms with Crippen LogP contribution in [0.3, 0.4) is 0 Å². The Labute approximate surface area is 73.4 Å². The van der Waals surface area contributed by atoms with Crippen LogP contribution in [-0.2, 0) is 0 Å². The number of rotatable bonds is 0. The molecule has 0 bridgehead atoms. The fraction of sp³-hybridized carbons (Fsp3) is 0.286. The summed E-state index contributed by atoms with van der Waals surface area (Å²) >= 11 is 0. The molecule has 2 aromatic heterocycles. The number of nitrogens with zero attached hydrogens (tertiary/aromatic N) is 4. The molecular weight excluding hydrogens is 173 g/mol. The Balaban J connectivity index is 2.94. The summed E-state index contributed by atoms with van der Waals surface area (Å²) in [5.41, 5.74) is 6.40. The quantitative estimate of drug-likeness (QED) is 0.641. The van der Waals surface area contributed by atoms with E-state index in [1.54, 1.807) is 13.8 Å². The van der Waals surface area contributed by atoms with Crippen LogP contribution in [-0.4, -0.2) is 19.8 Å². The van der Waals surface area contributed by atoms with Crippen molar-refractivity contribution >= 4 is 11.3 Å². The lowest BCUT2D eigenvalue weighted by molar-refractivity contribution is 0.551. The summed E-state index contributed by atoms with van der Waals surface area (Å²) in [6, 6.07) is 0. The summed E-state index contributed by atoms with van der Waals surface area (Å²) in [5, 5.41) is 7.45. The second kappa shape index (κ2) is 2.38. The number of halogens is 1. The van der Waals surface area contributed by atoms with Crippen LogP contribution in [0.25, 0.3) is 5.52 Å². The Morgan fingerprint density at radius 3 is 2.69 bits per heavy atom. The Morgan fingerprint density at radius 1 is 1.31 bits per heavy atom. The van der Waals surface area contributed by atoms with Gasteiger partial charge in [-0.05, 0) is 13.8 Å². The second-order valence-electron chi connectivity index (χ2n) is 2.80. The number of hydrogen-bond acceptors (Lipinski definition) is 4. The number of aryl methyl sites for hydroxylation is 2. The van der Waals surface area contributed by atoms with Gasteiger partial charge in [-0.3, -0.25) is 0 Å². The molecule has 0 saturated carbocycles. The van der Waals surface area contributed by atoms with Gasteiger partial charge in [0.25, 0.3) is 0 Å². The number of hydrogen-bond donors (Lipinski definition) is 1. The normalized spacial score (nSPS) is 11.0. The van der Waals surface area contributed by atoms with Gasteiger partial charge in [-0.15, -0.1) is 14.8 Å². The SMILES string of the molecule is Cc1nc(N)c2c(C)c(F)nn2n1. The van der Waals surface area contributed by atoms with Gasteiger partial charge in [0.05, 0.1) is 0 Å². The van der Waals surface area contributed by atoms with Gasteiger partial charge in [-0.25, -0.2) is 4.98 Å². The summed E-state index contributed by atoms with van der Waals surface area (Å²) in [7, 11) is 0. The Hall–Kier alpha value is -1.72. The van der Waals surface area contributed by atoms with Crippen molar-refractivity contribution in [1.82, 2.24) is 19.8 Å². The van der Waals surface area contributed by atoms with Crippen molar-refractivity contribution in [3.05, 3.63) is 17.3 Å². The first-order chi connectivity index (χ1) is 6.09. The molecule has 6 heteroatoms. The van der Waals surface area contributed by atoms with E-state index in [0.29, 0.717) is 16.9 Å². The summed E-state index contributed by atoms with van der Waals surface area (Å²) in [4.78, 5) is 3.92. The van der Waals surface area contributed by atoms with E-state index >= 15 is 0 Å². The van der Waals surface area contributed by atoms with E-state index in [-0.39, 0.29) is 5.82 Å². The minimum atomic E-state index is -0.563. The number of aromatic nitrogens is 4. The lowest BCUT2D eigenvalue weighted by Crippen LogP contribution is -2.04. The van der Waals surface area contributed by atoms with Crippen LogP contribution >= 0.6 is 0 Å². The summed E-state index contributed by atoms with van der Waals surface area (Å²) in [6.07, 6.45) is 0. The first-order valence-electron chi connectivity index (χ1n) is 3.75.